The molecule has 0 saturated carbocycles. The van der Waals surface area contributed by atoms with E-state index in [2.05, 4.69) is 41.5 Å². The van der Waals surface area contributed by atoms with Crippen LogP contribution in [0, 0.1) is 6.92 Å². The number of thiazole rings is 1. The van der Waals surface area contributed by atoms with Crippen LogP contribution in [-0.2, 0) is 12.4 Å². The van der Waals surface area contributed by atoms with Gasteiger partial charge in [-0.25, -0.2) is 4.98 Å². The summed E-state index contributed by atoms with van der Waals surface area (Å²) in [4.78, 5) is 16.4. The van der Waals surface area contributed by atoms with Gasteiger partial charge in [0.2, 0.25) is 0 Å². The average molecular weight is 399 g/mol. The molecule has 0 atom stereocenters. The number of benzene rings is 2. The molecule has 1 heterocycles. The van der Waals surface area contributed by atoms with E-state index in [4.69, 9.17) is 4.74 Å². The maximum absolute atomic E-state index is 12.2. The van der Waals surface area contributed by atoms with Crippen LogP contribution in [0.15, 0.2) is 59.4 Å². The molecule has 1 amide bonds. The summed E-state index contributed by atoms with van der Waals surface area (Å²) in [5.74, 6) is 2.51. The van der Waals surface area contributed by atoms with E-state index < -0.39 is 0 Å². The minimum absolute atomic E-state index is 0.0583. The molecular formula is C21H22N2O2S2. The monoisotopic (exact) mass is 398 g/mol. The molecule has 1 aromatic heterocycles. The fourth-order valence-corrected chi connectivity index (χ4v) is 3.74. The third-order valence-corrected chi connectivity index (χ3v) is 5.57. The molecule has 0 aliphatic carbocycles. The highest BCUT2D eigenvalue weighted by Gasteiger charge is 2.05. The van der Waals surface area contributed by atoms with Gasteiger partial charge in [-0.15, -0.1) is 11.3 Å². The molecular weight excluding hydrogens is 376 g/mol. The average Bonchev–Trinajstić information content (AvgIpc) is 3.21. The fraction of sp³-hybridized carbons (Fsp3) is 0.238. The van der Waals surface area contributed by atoms with Crippen molar-refractivity contribution in [3.63, 3.8) is 0 Å². The Labute approximate surface area is 168 Å². The molecule has 0 radical (unpaired) electrons. The van der Waals surface area contributed by atoms with E-state index in [1.54, 1.807) is 29.0 Å². The van der Waals surface area contributed by atoms with Gasteiger partial charge < -0.3 is 10.1 Å². The zero-order valence-corrected chi connectivity index (χ0v) is 16.8. The van der Waals surface area contributed by atoms with Crippen molar-refractivity contribution >= 4 is 29.0 Å². The number of carbonyl (C=O) groups excluding carboxylic acids is 1. The van der Waals surface area contributed by atoms with E-state index >= 15 is 0 Å². The quantitative estimate of drug-likeness (QED) is 0.531. The first-order chi connectivity index (χ1) is 13.2. The van der Waals surface area contributed by atoms with Gasteiger partial charge in [0.25, 0.3) is 5.91 Å². The lowest BCUT2D eigenvalue weighted by molar-refractivity contribution is 0.0956. The van der Waals surface area contributed by atoms with Crippen molar-refractivity contribution in [2.75, 3.05) is 12.3 Å². The van der Waals surface area contributed by atoms with Crippen LogP contribution < -0.4 is 10.1 Å². The molecule has 2 aromatic carbocycles. The lowest BCUT2D eigenvalue weighted by atomic mass is 10.2. The van der Waals surface area contributed by atoms with Gasteiger partial charge in [0.15, 0.2) is 0 Å². The Morgan fingerprint density at radius 3 is 2.63 bits per heavy atom. The van der Waals surface area contributed by atoms with Crippen LogP contribution >= 0.6 is 23.1 Å². The van der Waals surface area contributed by atoms with Gasteiger partial charge in [0.1, 0.15) is 12.4 Å². The predicted octanol–water partition coefficient (Wildman–Crippen LogP) is 4.69. The smallest absolute Gasteiger partial charge is 0.251 e. The number of hydrogen-bond acceptors (Lipinski definition) is 5. The molecule has 1 N–H and O–H groups in total. The third-order valence-electron chi connectivity index (χ3n) is 3.91. The van der Waals surface area contributed by atoms with Crippen LogP contribution in [0.2, 0.25) is 0 Å². The van der Waals surface area contributed by atoms with E-state index in [1.165, 1.54) is 11.1 Å². The number of nitrogens with one attached hydrogen (secondary N) is 1. The number of rotatable bonds is 9. The maximum atomic E-state index is 12.2. The number of ether oxygens (including phenoxy) is 1. The molecule has 0 spiro atoms. The first-order valence-corrected chi connectivity index (χ1v) is 10.8. The van der Waals surface area contributed by atoms with Crippen molar-refractivity contribution in [1.29, 1.82) is 0 Å². The van der Waals surface area contributed by atoms with Crippen molar-refractivity contribution in [2.24, 2.45) is 0 Å². The molecule has 0 unspecified atom stereocenters. The first kappa shape index (κ1) is 19.5. The van der Waals surface area contributed by atoms with E-state index in [9.17, 15) is 4.79 Å². The van der Waals surface area contributed by atoms with E-state index in [0.29, 0.717) is 18.7 Å². The number of aromatic nitrogens is 1. The summed E-state index contributed by atoms with van der Waals surface area (Å²) in [5.41, 5.74) is 5.91. The Balaban J connectivity index is 1.35. The number of amides is 1. The summed E-state index contributed by atoms with van der Waals surface area (Å²) in [7, 11) is 0. The van der Waals surface area contributed by atoms with Gasteiger partial charge in [-0.1, -0.05) is 29.8 Å². The van der Waals surface area contributed by atoms with E-state index in [1.807, 2.05) is 29.3 Å². The van der Waals surface area contributed by atoms with Crippen LogP contribution in [0.1, 0.15) is 27.2 Å². The topological polar surface area (TPSA) is 51.2 Å². The van der Waals surface area contributed by atoms with E-state index in [0.717, 1.165) is 22.9 Å². The second kappa shape index (κ2) is 10.1. The molecule has 4 nitrogen and oxygen atoms in total. The van der Waals surface area contributed by atoms with Crippen LogP contribution in [-0.4, -0.2) is 23.2 Å². The van der Waals surface area contributed by atoms with Crippen LogP contribution in [0.3, 0.4) is 0 Å². The second-order valence-electron chi connectivity index (χ2n) is 6.09. The van der Waals surface area contributed by atoms with Crippen LogP contribution in [0.5, 0.6) is 5.75 Å². The van der Waals surface area contributed by atoms with Crippen LogP contribution in [0.25, 0.3) is 0 Å². The largest absolute Gasteiger partial charge is 0.487 e. The summed E-state index contributed by atoms with van der Waals surface area (Å²) in [5, 5.41) is 4.92. The summed E-state index contributed by atoms with van der Waals surface area (Å²) in [6.45, 7) is 3.18. The molecule has 0 bridgehead atoms. The standard InChI is InChI=1S/C21H22N2O2S2/c1-16-2-4-17(5-3-16)13-26-11-10-22-21(24)18-6-8-20(9-7-18)25-12-19-14-27-15-23-19/h2-9,14-15H,10-13H2,1H3,(H,22,24). The van der Waals surface area contributed by atoms with Crippen molar-refractivity contribution in [3.05, 3.63) is 81.8 Å². The molecule has 0 aliphatic rings. The van der Waals surface area contributed by atoms with E-state index in [-0.39, 0.29) is 5.91 Å². The zero-order chi connectivity index (χ0) is 18.9. The van der Waals surface area contributed by atoms with Gasteiger partial charge in [0, 0.05) is 29.0 Å². The first-order valence-electron chi connectivity index (χ1n) is 8.72. The van der Waals surface area contributed by atoms with Gasteiger partial charge in [-0.2, -0.15) is 11.8 Å². The highest BCUT2D eigenvalue weighted by atomic mass is 32.2. The SMILES string of the molecule is Cc1ccc(CSCCNC(=O)c2ccc(OCc3cscn3)cc2)cc1. The summed E-state index contributed by atoms with van der Waals surface area (Å²) >= 11 is 3.36. The van der Waals surface area contributed by atoms with Crippen molar-refractivity contribution < 1.29 is 9.53 Å². The highest BCUT2D eigenvalue weighted by Crippen LogP contribution is 2.15. The van der Waals surface area contributed by atoms with Gasteiger partial charge in [0.05, 0.1) is 11.2 Å². The third kappa shape index (κ3) is 6.41. The zero-order valence-electron chi connectivity index (χ0n) is 15.2. The molecule has 140 valence electrons. The molecule has 0 aliphatic heterocycles. The van der Waals surface area contributed by atoms with Crippen molar-refractivity contribution in [3.8, 4) is 5.75 Å². The summed E-state index contributed by atoms with van der Waals surface area (Å²) in [6, 6.07) is 15.7. The number of thioether (sulfide) groups is 1. The molecule has 27 heavy (non-hydrogen) atoms. The minimum atomic E-state index is -0.0583. The number of carbonyl (C=O) groups is 1. The molecule has 0 fully saturated rings. The Kier molecular flexibility index (Phi) is 7.30. The van der Waals surface area contributed by atoms with Crippen LogP contribution in [0.4, 0.5) is 0 Å². The molecule has 6 heteroatoms. The predicted molar refractivity (Wildman–Crippen MR) is 113 cm³/mol. The molecule has 3 aromatic rings. The normalized spacial score (nSPS) is 10.6. The molecule has 0 saturated heterocycles. The fourth-order valence-electron chi connectivity index (χ4n) is 2.38. The lowest BCUT2D eigenvalue weighted by Crippen LogP contribution is -2.25. The van der Waals surface area contributed by atoms with Gasteiger partial charge >= 0.3 is 0 Å². The Bertz CT molecular complexity index is 832. The Hall–Kier alpha value is -2.31. The lowest BCUT2D eigenvalue weighted by Gasteiger charge is -2.07. The molecule has 3 rings (SSSR count). The highest BCUT2D eigenvalue weighted by molar-refractivity contribution is 7.98. The summed E-state index contributed by atoms with van der Waals surface area (Å²) in [6.07, 6.45) is 0. The van der Waals surface area contributed by atoms with Gasteiger partial charge in [-0.05, 0) is 36.8 Å². The Morgan fingerprint density at radius 1 is 1.15 bits per heavy atom. The Morgan fingerprint density at radius 2 is 1.93 bits per heavy atom. The number of nitrogens with zero attached hydrogens (tertiary/aromatic N) is 1. The number of aryl methyl sites for hydroxylation is 1. The second-order valence-corrected chi connectivity index (χ2v) is 7.91. The van der Waals surface area contributed by atoms with Gasteiger partial charge in [-0.3, -0.25) is 4.79 Å². The van der Waals surface area contributed by atoms with Crippen molar-refractivity contribution in [1.82, 2.24) is 10.3 Å². The summed E-state index contributed by atoms with van der Waals surface area (Å²) < 4.78 is 5.66. The number of hydrogen-bond donors (Lipinski definition) is 1. The minimum Gasteiger partial charge on any atom is -0.487 e. The van der Waals surface area contributed by atoms with Crippen molar-refractivity contribution in [2.45, 2.75) is 19.3 Å². The maximum Gasteiger partial charge on any atom is 0.251 e.